The first kappa shape index (κ1) is 11.1. The molecular weight excluding hydrogens is 172 g/mol. The number of rotatable bonds is 4. The van der Waals surface area contributed by atoms with Crippen LogP contribution < -0.4 is 10.2 Å². The van der Waals surface area contributed by atoms with Gasteiger partial charge in [0.25, 0.3) is 0 Å². The Labute approximate surface area is 86.9 Å². The second kappa shape index (κ2) is 4.47. The van der Waals surface area contributed by atoms with E-state index >= 15 is 0 Å². The maximum atomic E-state index is 3.30. The molecule has 0 saturated heterocycles. The minimum atomic E-state index is 0.143. The molecule has 14 heavy (non-hydrogen) atoms. The first-order chi connectivity index (χ1) is 6.55. The lowest BCUT2D eigenvalue weighted by molar-refractivity contribution is 0.428. The van der Waals surface area contributed by atoms with E-state index in [1.54, 1.807) is 0 Å². The highest BCUT2D eigenvalue weighted by Gasteiger charge is 2.17. The molecule has 1 N–H and O–H groups in total. The van der Waals surface area contributed by atoms with Crippen LogP contribution in [0.3, 0.4) is 0 Å². The van der Waals surface area contributed by atoms with E-state index in [1.807, 2.05) is 13.1 Å². The van der Waals surface area contributed by atoms with Gasteiger partial charge in [0, 0.05) is 24.8 Å². The maximum Gasteiger partial charge on any atom is 0.0364 e. The van der Waals surface area contributed by atoms with E-state index in [4.69, 9.17) is 0 Å². The maximum absolute atomic E-state index is 3.30. The highest BCUT2D eigenvalue weighted by atomic mass is 15.1. The summed E-state index contributed by atoms with van der Waals surface area (Å²) in [7, 11) is 4.12. The number of hydrogen-bond acceptors (Lipinski definition) is 2. The Balaban J connectivity index is 2.64. The van der Waals surface area contributed by atoms with Crippen LogP contribution in [0.2, 0.25) is 0 Å². The zero-order chi connectivity index (χ0) is 10.6. The van der Waals surface area contributed by atoms with Crippen LogP contribution in [-0.4, -0.2) is 26.2 Å². The van der Waals surface area contributed by atoms with Gasteiger partial charge in [0.05, 0.1) is 0 Å². The molecule has 78 valence electrons. The Bertz CT molecular complexity index is 267. The van der Waals surface area contributed by atoms with Crippen LogP contribution in [0.1, 0.15) is 13.8 Å². The molecular formula is C12H20N2. The Kier molecular flexibility index (Phi) is 3.53. The molecule has 0 spiro atoms. The van der Waals surface area contributed by atoms with E-state index in [2.05, 4.69) is 55.4 Å². The minimum Gasteiger partial charge on any atom is -0.373 e. The molecule has 0 unspecified atom stereocenters. The van der Waals surface area contributed by atoms with E-state index in [0.717, 1.165) is 6.54 Å². The van der Waals surface area contributed by atoms with Crippen molar-refractivity contribution in [2.24, 2.45) is 0 Å². The summed E-state index contributed by atoms with van der Waals surface area (Å²) < 4.78 is 0. The monoisotopic (exact) mass is 192 g/mol. The zero-order valence-electron chi connectivity index (χ0n) is 9.54. The zero-order valence-corrected chi connectivity index (χ0v) is 9.54. The number of likely N-dealkylation sites (N-methyl/N-ethyl adjacent to an activating group) is 2. The molecule has 1 aromatic carbocycles. The van der Waals surface area contributed by atoms with Crippen LogP contribution in [-0.2, 0) is 0 Å². The predicted molar refractivity (Wildman–Crippen MR) is 62.9 cm³/mol. The molecule has 0 aliphatic carbocycles. The summed E-state index contributed by atoms with van der Waals surface area (Å²) in [4.78, 5) is 2.26. The van der Waals surface area contributed by atoms with Gasteiger partial charge in [-0.3, -0.25) is 0 Å². The van der Waals surface area contributed by atoms with Gasteiger partial charge in [0.1, 0.15) is 0 Å². The predicted octanol–water partition coefficient (Wildman–Crippen LogP) is 2.12. The van der Waals surface area contributed by atoms with Crippen LogP contribution >= 0.6 is 0 Å². The number of nitrogens with zero attached hydrogens (tertiary/aromatic N) is 1. The van der Waals surface area contributed by atoms with Gasteiger partial charge >= 0.3 is 0 Å². The van der Waals surface area contributed by atoms with E-state index in [1.165, 1.54) is 5.69 Å². The normalized spacial score (nSPS) is 11.4. The molecule has 2 nitrogen and oxygen atoms in total. The van der Waals surface area contributed by atoms with Crippen molar-refractivity contribution < 1.29 is 0 Å². The van der Waals surface area contributed by atoms with Gasteiger partial charge in [-0.15, -0.1) is 0 Å². The molecule has 0 aliphatic rings. The van der Waals surface area contributed by atoms with Crippen molar-refractivity contribution in [2.45, 2.75) is 19.4 Å². The largest absolute Gasteiger partial charge is 0.373 e. The molecule has 0 fully saturated rings. The fraction of sp³-hybridized carbons (Fsp3) is 0.500. The van der Waals surface area contributed by atoms with Gasteiger partial charge in [0.2, 0.25) is 0 Å². The van der Waals surface area contributed by atoms with Gasteiger partial charge in [0.15, 0.2) is 0 Å². The number of nitrogens with one attached hydrogen (secondary N) is 1. The van der Waals surface area contributed by atoms with Crippen LogP contribution in [0, 0.1) is 0 Å². The summed E-state index contributed by atoms with van der Waals surface area (Å²) in [5, 5.41) is 3.30. The summed E-state index contributed by atoms with van der Waals surface area (Å²) >= 11 is 0. The number of hydrogen-bond donors (Lipinski definition) is 1. The molecule has 0 saturated carbocycles. The summed E-state index contributed by atoms with van der Waals surface area (Å²) in [5.41, 5.74) is 1.40. The smallest absolute Gasteiger partial charge is 0.0364 e. The highest BCUT2D eigenvalue weighted by molar-refractivity contribution is 5.45. The Morgan fingerprint density at radius 2 is 1.79 bits per heavy atom. The molecule has 0 atom stereocenters. The molecule has 2 heteroatoms. The topological polar surface area (TPSA) is 15.3 Å². The third-order valence-electron chi connectivity index (χ3n) is 2.51. The lowest BCUT2D eigenvalue weighted by Gasteiger charge is -2.31. The lowest BCUT2D eigenvalue weighted by atomic mass is 10.1. The van der Waals surface area contributed by atoms with Crippen LogP contribution in [0.4, 0.5) is 5.69 Å². The Hall–Kier alpha value is -1.02. The van der Waals surface area contributed by atoms with Crippen molar-refractivity contribution in [1.82, 2.24) is 5.32 Å². The van der Waals surface area contributed by atoms with E-state index < -0.39 is 0 Å². The molecule has 1 aromatic rings. The van der Waals surface area contributed by atoms with Gasteiger partial charge < -0.3 is 10.2 Å². The molecule has 0 heterocycles. The molecule has 0 radical (unpaired) electrons. The number of anilines is 1. The second-order valence-electron chi connectivity index (χ2n) is 4.33. The van der Waals surface area contributed by atoms with E-state index in [9.17, 15) is 0 Å². The van der Waals surface area contributed by atoms with Crippen molar-refractivity contribution in [3.8, 4) is 0 Å². The van der Waals surface area contributed by atoms with Crippen molar-refractivity contribution in [3.63, 3.8) is 0 Å². The van der Waals surface area contributed by atoms with E-state index in [-0.39, 0.29) is 5.54 Å². The molecule has 0 amide bonds. The first-order valence-corrected chi connectivity index (χ1v) is 5.00. The third kappa shape index (κ3) is 3.04. The van der Waals surface area contributed by atoms with Crippen LogP contribution in [0.25, 0.3) is 0 Å². The lowest BCUT2D eigenvalue weighted by Crippen LogP contribution is -2.46. The molecule has 0 aromatic heterocycles. The summed E-state index contributed by atoms with van der Waals surface area (Å²) in [6, 6.07) is 10.4. The van der Waals surface area contributed by atoms with Crippen molar-refractivity contribution in [1.29, 1.82) is 0 Å². The van der Waals surface area contributed by atoms with Crippen molar-refractivity contribution in [2.75, 3.05) is 25.5 Å². The third-order valence-corrected chi connectivity index (χ3v) is 2.51. The fourth-order valence-electron chi connectivity index (χ4n) is 1.45. The van der Waals surface area contributed by atoms with E-state index in [0.29, 0.717) is 0 Å². The van der Waals surface area contributed by atoms with Crippen LogP contribution in [0.15, 0.2) is 30.3 Å². The van der Waals surface area contributed by atoms with Gasteiger partial charge in [-0.05, 0) is 33.0 Å². The standard InChI is InChI=1S/C12H20N2/c1-12(2,13-3)10-14(4)11-8-6-5-7-9-11/h5-9,13H,10H2,1-4H3. The van der Waals surface area contributed by atoms with Crippen molar-refractivity contribution >= 4 is 5.69 Å². The molecule has 1 rings (SSSR count). The SMILES string of the molecule is CNC(C)(C)CN(C)c1ccccc1. The Morgan fingerprint density at radius 1 is 1.21 bits per heavy atom. The average molecular weight is 192 g/mol. The quantitative estimate of drug-likeness (QED) is 0.786. The van der Waals surface area contributed by atoms with Gasteiger partial charge in [-0.2, -0.15) is 0 Å². The molecule has 0 aliphatic heterocycles. The Morgan fingerprint density at radius 3 is 2.29 bits per heavy atom. The number of para-hydroxylation sites is 1. The number of benzene rings is 1. The van der Waals surface area contributed by atoms with Gasteiger partial charge in [-0.1, -0.05) is 18.2 Å². The summed E-state index contributed by atoms with van der Waals surface area (Å²) in [5.74, 6) is 0. The fourth-order valence-corrected chi connectivity index (χ4v) is 1.45. The van der Waals surface area contributed by atoms with Crippen molar-refractivity contribution in [3.05, 3.63) is 30.3 Å². The summed E-state index contributed by atoms with van der Waals surface area (Å²) in [6.45, 7) is 5.40. The van der Waals surface area contributed by atoms with Crippen LogP contribution in [0.5, 0.6) is 0 Å². The molecule has 0 bridgehead atoms. The first-order valence-electron chi connectivity index (χ1n) is 5.00. The second-order valence-corrected chi connectivity index (χ2v) is 4.33. The van der Waals surface area contributed by atoms with Gasteiger partial charge in [-0.25, -0.2) is 0 Å². The average Bonchev–Trinajstić information content (AvgIpc) is 2.19. The minimum absolute atomic E-state index is 0.143. The highest BCUT2D eigenvalue weighted by Crippen LogP contribution is 2.14. The summed E-state index contributed by atoms with van der Waals surface area (Å²) in [6.07, 6.45) is 0.